The van der Waals surface area contributed by atoms with Crippen molar-refractivity contribution in [1.82, 2.24) is 10.2 Å². The Balaban J connectivity index is 1.74. The van der Waals surface area contributed by atoms with Gasteiger partial charge in [-0.25, -0.2) is 12.8 Å². The molecule has 0 bridgehead atoms. The van der Waals surface area contributed by atoms with Crippen LogP contribution >= 0.6 is 0 Å². The molecule has 1 fully saturated rings. The fraction of sp³-hybridized carbons (Fsp3) is 0.500. The van der Waals surface area contributed by atoms with E-state index in [4.69, 9.17) is 0 Å². The summed E-state index contributed by atoms with van der Waals surface area (Å²) in [5.41, 5.74) is 1.26. The third-order valence-corrected chi connectivity index (χ3v) is 7.99. The van der Waals surface area contributed by atoms with Crippen LogP contribution in [0.2, 0.25) is 0 Å². The van der Waals surface area contributed by atoms with Crippen LogP contribution in [0.25, 0.3) is 0 Å². The number of halogens is 1. The summed E-state index contributed by atoms with van der Waals surface area (Å²) in [4.78, 5) is 28.3. The number of anilines is 1. The van der Waals surface area contributed by atoms with Crippen LogP contribution in [0.3, 0.4) is 0 Å². The lowest BCUT2D eigenvalue weighted by Gasteiger charge is -2.33. The van der Waals surface area contributed by atoms with E-state index in [2.05, 4.69) is 5.32 Å². The molecule has 0 saturated heterocycles. The Labute approximate surface area is 220 Å². The van der Waals surface area contributed by atoms with Crippen LogP contribution in [0.5, 0.6) is 0 Å². The molecule has 1 atom stereocenters. The maximum atomic E-state index is 13.5. The van der Waals surface area contributed by atoms with E-state index in [1.165, 1.54) is 22.9 Å². The lowest BCUT2D eigenvalue weighted by Crippen LogP contribution is -2.51. The summed E-state index contributed by atoms with van der Waals surface area (Å²) < 4.78 is 39.5. The Hall–Kier alpha value is -2.94. The minimum absolute atomic E-state index is 0.0766. The first kappa shape index (κ1) is 28.6. The van der Waals surface area contributed by atoms with Crippen molar-refractivity contribution in [1.29, 1.82) is 0 Å². The zero-order valence-electron chi connectivity index (χ0n) is 21.7. The Morgan fingerprint density at radius 1 is 1.03 bits per heavy atom. The Morgan fingerprint density at radius 2 is 1.68 bits per heavy atom. The maximum Gasteiger partial charge on any atom is 0.243 e. The second-order valence-electron chi connectivity index (χ2n) is 9.69. The summed E-state index contributed by atoms with van der Waals surface area (Å²) in [5, 5.41) is 3.14. The van der Waals surface area contributed by atoms with Crippen molar-refractivity contribution in [2.45, 2.75) is 76.9 Å². The SMILES string of the molecule is CC[C@H](C(=O)NC1CCCCC1)N(Cc1ccc(F)cc1)C(=O)CCCN(c1ccccc1)S(C)(=O)=O. The van der Waals surface area contributed by atoms with Gasteiger partial charge in [-0.05, 0) is 55.5 Å². The smallest absolute Gasteiger partial charge is 0.243 e. The summed E-state index contributed by atoms with van der Waals surface area (Å²) in [6.07, 6.45) is 7.16. The van der Waals surface area contributed by atoms with Gasteiger partial charge in [0.25, 0.3) is 0 Å². The molecule has 0 spiro atoms. The highest BCUT2D eigenvalue weighted by Gasteiger charge is 2.30. The fourth-order valence-electron chi connectivity index (χ4n) is 4.85. The average molecular weight is 532 g/mol. The first-order valence-corrected chi connectivity index (χ1v) is 14.9. The quantitative estimate of drug-likeness (QED) is 0.433. The lowest BCUT2D eigenvalue weighted by molar-refractivity contribution is -0.141. The molecule has 2 aromatic carbocycles. The van der Waals surface area contributed by atoms with Gasteiger partial charge >= 0.3 is 0 Å². The number of nitrogens with one attached hydrogen (secondary N) is 1. The Morgan fingerprint density at radius 3 is 2.27 bits per heavy atom. The van der Waals surface area contributed by atoms with Crippen molar-refractivity contribution in [3.05, 3.63) is 66.0 Å². The molecule has 9 heteroatoms. The predicted octanol–water partition coefficient (Wildman–Crippen LogP) is 4.63. The molecule has 0 heterocycles. The topological polar surface area (TPSA) is 86.8 Å². The minimum atomic E-state index is -3.53. The molecule has 3 rings (SSSR count). The van der Waals surface area contributed by atoms with Gasteiger partial charge in [-0.2, -0.15) is 0 Å². The van der Waals surface area contributed by atoms with Crippen LogP contribution in [0, 0.1) is 5.82 Å². The van der Waals surface area contributed by atoms with E-state index in [0.29, 0.717) is 18.5 Å². The van der Waals surface area contributed by atoms with Crippen molar-refractivity contribution in [3.63, 3.8) is 0 Å². The van der Waals surface area contributed by atoms with E-state index >= 15 is 0 Å². The molecule has 2 aromatic rings. The summed E-state index contributed by atoms with van der Waals surface area (Å²) >= 11 is 0. The van der Waals surface area contributed by atoms with Crippen molar-refractivity contribution >= 4 is 27.5 Å². The largest absolute Gasteiger partial charge is 0.352 e. The standard InChI is InChI=1S/C28H38FN3O4S/c1-3-26(28(34)30-24-11-6-4-7-12-24)31(21-22-16-18-23(29)19-17-22)27(33)15-10-20-32(37(2,35)36)25-13-8-5-9-14-25/h5,8-9,13-14,16-19,24,26H,3-4,6-7,10-12,15,20-21H2,1-2H3,(H,30,34)/t26-/m1/s1. The second-order valence-corrected chi connectivity index (χ2v) is 11.6. The number of carbonyl (C=O) groups is 2. The first-order valence-electron chi connectivity index (χ1n) is 13.1. The number of amides is 2. The summed E-state index contributed by atoms with van der Waals surface area (Å²) in [6, 6.07) is 14.1. The number of nitrogens with zero attached hydrogens (tertiary/aromatic N) is 2. The molecule has 37 heavy (non-hydrogen) atoms. The Kier molecular flexibility index (Phi) is 10.5. The van der Waals surface area contributed by atoms with Gasteiger partial charge in [0.2, 0.25) is 21.8 Å². The number of rotatable bonds is 12. The number of carbonyl (C=O) groups excluding carboxylic acids is 2. The fourth-order valence-corrected chi connectivity index (χ4v) is 5.81. The van der Waals surface area contributed by atoms with Gasteiger partial charge in [0, 0.05) is 25.6 Å². The number of benzene rings is 2. The van der Waals surface area contributed by atoms with Crippen LogP contribution in [0.4, 0.5) is 10.1 Å². The van der Waals surface area contributed by atoms with Gasteiger partial charge in [-0.1, -0.05) is 56.5 Å². The zero-order valence-corrected chi connectivity index (χ0v) is 22.6. The molecule has 0 aliphatic heterocycles. The van der Waals surface area contributed by atoms with Gasteiger partial charge in [0.05, 0.1) is 11.9 Å². The van der Waals surface area contributed by atoms with Gasteiger partial charge in [-0.3, -0.25) is 13.9 Å². The van der Waals surface area contributed by atoms with Crippen LogP contribution < -0.4 is 9.62 Å². The lowest BCUT2D eigenvalue weighted by atomic mass is 9.95. The highest BCUT2D eigenvalue weighted by molar-refractivity contribution is 7.92. The molecule has 202 valence electrons. The minimum Gasteiger partial charge on any atom is -0.352 e. The van der Waals surface area contributed by atoms with Crippen molar-refractivity contribution in [3.8, 4) is 0 Å². The molecule has 1 aliphatic carbocycles. The van der Waals surface area contributed by atoms with Crippen molar-refractivity contribution < 1.29 is 22.4 Å². The number of hydrogen-bond donors (Lipinski definition) is 1. The average Bonchev–Trinajstić information content (AvgIpc) is 2.88. The van der Waals surface area contributed by atoms with Gasteiger partial charge < -0.3 is 10.2 Å². The van der Waals surface area contributed by atoms with Crippen LogP contribution in [-0.4, -0.2) is 50.0 Å². The molecule has 1 saturated carbocycles. The molecule has 0 unspecified atom stereocenters. The van der Waals surface area contributed by atoms with Gasteiger partial charge in [0.1, 0.15) is 11.9 Å². The molecule has 7 nitrogen and oxygen atoms in total. The number of hydrogen-bond acceptors (Lipinski definition) is 4. The third kappa shape index (κ3) is 8.55. The summed E-state index contributed by atoms with van der Waals surface area (Å²) in [7, 11) is -3.53. The van der Waals surface area contributed by atoms with E-state index in [0.717, 1.165) is 37.5 Å². The van der Waals surface area contributed by atoms with E-state index in [1.807, 2.05) is 13.0 Å². The Bertz CT molecular complexity index is 1120. The van der Waals surface area contributed by atoms with E-state index in [1.54, 1.807) is 41.3 Å². The van der Waals surface area contributed by atoms with Gasteiger partial charge in [-0.15, -0.1) is 0 Å². The van der Waals surface area contributed by atoms with E-state index < -0.39 is 16.1 Å². The van der Waals surface area contributed by atoms with Crippen LogP contribution in [-0.2, 0) is 26.2 Å². The van der Waals surface area contributed by atoms with E-state index in [9.17, 15) is 22.4 Å². The molecule has 1 aliphatic rings. The highest BCUT2D eigenvalue weighted by Crippen LogP contribution is 2.21. The maximum absolute atomic E-state index is 13.5. The first-order chi connectivity index (χ1) is 17.7. The van der Waals surface area contributed by atoms with E-state index in [-0.39, 0.29) is 43.2 Å². The van der Waals surface area contributed by atoms with Crippen LogP contribution in [0.1, 0.15) is 63.9 Å². The third-order valence-electron chi connectivity index (χ3n) is 6.80. The molecule has 0 aromatic heterocycles. The second kappa shape index (κ2) is 13.6. The molecule has 0 radical (unpaired) electrons. The molecular weight excluding hydrogens is 493 g/mol. The van der Waals surface area contributed by atoms with Crippen molar-refractivity contribution in [2.24, 2.45) is 0 Å². The number of sulfonamides is 1. The van der Waals surface area contributed by atoms with Gasteiger partial charge in [0.15, 0.2) is 0 Å². The molecule has 1 N–H and O–H groups in total. The summed E-state index contributed by atoms with van der Waals surface area (Å²) in [5.74, 6) is -0.783. The summed E-state index contributed by atoms with van der Waals surface area (Å²) in [6.45, 7) is 2.19. The molecular formula is C28H38FN3O4S. The molecule has 2 amide bonds. The zero-order chi connectivity index (χ0) is 26.8. The van der Waals surface area contributed by atoms with Crippen LogP contribution in [0.15, 0.2) is 54.6 Å². The number of para-hydroxylation sites is 1. The normalized spacial score (nSPS) is 15.1. The van der Waals surface area contributed by atoms with Crippen molar-refractivity contribution in [2.75, 3.05) is 17.1 Å². The predicted molar refractivity (Wildman–Crippen MR) is 144 cm³/mol. The highest BCUT2D eigenvalue weighted by atomic mass is 32.2. The monoisotopic (exact) mass is 531 g/mol.